The van der Waals surface area contributed by atoms with E-state index in [1.807, 2.05) is 24.3 Å². The fraction of sp³-hybridized carbons (Fsp3) is 0.462. The highest BCUT2D eigenvalue weighted by Gasteiger charge is 2.34. The molecule has 1 aromatic carbocycles. The van der Waals surface area contributed by atoms with E-state index < -0.39 is 5.54 Å². The molecule has 0 aliphatic heterocycles. The number of carbonyl (C=O) groups excluding carboxylic acids is 1. The van der Waals surface area contributed by atoms with Crippen LogP contribution >= 0.6 is 15.9 Å². The number of nitrogens with one attached hydrogen (secondary N) is 1. The second-order valence-electron chi connectivity index (χ2n) is 4.12. The summed E-state index contributed by atoms with van der Waals surface area (Å²) in [6, 6.07) is 7.60. The fourth-order valence-corrected chi connectivity index (χ4v) is 2.01. The zero-order valence-corrected chi connectivity index (χ0v) is 12.4. The van der Waals surface area contributed by atoms with E-state index in [1.54, 1.807) is 21.0 Å². The summed E-state index contributed by atoms with van der Waals surface area (Å²) < 4.78 is 11.1. The summed E-state index contributed by atoms with van der Waals surface area (Å²) in [6.45, 7) is 4.12. The molecule has 1 aromatic rings. The van der Waals surface area contributed by atoms with Crippen LogP contribution in [0.3, 0.4) is 0 Å². The Balaban J connectivity index is 2.88. The maximum Gasteiger partial charge on any atom is 0.333 e. The average Bonchev–Trinajstić information content (AvgIpc) is 2.29. The number of carbonyl (C=O) groups is 1. The van der Waals surface area contributed by atoms with Crippen LogP contribution in [0.15, 0.2) is 28.7 Å². The van der Waals surface area contributed by atoms with E-state index in [9.17, 15) is 4.79 Å². The molecule has 0 aromatic heterocycles. The van der Waals surface area contributed by atoms with Crippen molar-refractivity contribution in [3.8, 4) is 0 Å². The zero-order chi connectivity index (χ0) is 13.6. The Morgan fingerprint density at radius 1 is 1.50 bits per heavy atom. The highest BCUT2D eigenvalue weighted by atomic mass is 79.9. The van der Waals surface area contributed by atoms with Gasteiger partial charge in [0.25, 0.3) is 0 Å². The van der Waals surface area contributed by atoms with E-state index in [0.717, 1.165) is 10.2 Å². The van der Waals surface area contributed by atoms with Gasteiger partial charge in [-0.25, -0.2) is 4.79 Å². The van der Waals surface area contributed by atoms with Gasteiger partial charge < -0.3 is 14.8 Å². The van der Waals surface area contributed by atoms with Crippen molar-refractivity contribution in [2.75, 3.05) is 25.6 Å². The molecule has 1 unspecified atom stereocenters. The number of hydrogen-bond donors (Lipinski definition) is 1. The van der Waals surface area contributed by atoms with Gasteiger partial charge in [-0.05, 0) is 32.0 Å². The van der Waals surface area contributed by atoms with Crippen molar-refractivity contribution in [1.29, 1.82) is 0 Å². The summed E-state index contributed by atoms with van der Waals surface area (Å²) in [4.78, 5) is 12.0. The molecule has 0 saturated carbocycles. The minimum absolute atomic E-state index is 0.234. The first kappa shape index (κ1) is 15.0. The van der Waals surface area contributed by atoms with Gasteiger partial charge in [0.15, 0.2) is 5.54 Å². The van der Waals surface area contributed by atoms with Gasteiger partial charge in [-0.15, -0.1) is 0 Å². The second kappa shape index (κ2) is 6.75. The topological polar surface area (TPSA) is 47.6 Å². The maximum atomic E-state index is 12.0. The van der Waals surface area contributed by atoms with Crippen molar-refractivity contribution < 1.29 is 14.3 Å². The molecule has 0 saturated heterocycles. The molecule has 5 heteroatoms. The Labute approximate surface area is 116 Å². The Hall–Kier alpha value is -1.07. The van der Waals surface area contributed by atoms with Gasteiger partial charge in [0, 0.05) is 17.3 Å². The largest absolute Gasteiger partial charge is 0.464 e. The van der Waals surface area contributed by atoms with Crippen LogP contribution in [0.5, 0.6) is 0 Å². The van der Waals surface area contributed by atoms with Crippen LogP contribution < -0.4 is 5.32 Å². The molecule has 0 bridgehead atoms. The monoisotopic (exact) mass is 315 g/mol. The third-order valence-electron chi connectivity index (χ3n) is 2.40. The highest BCUT2D eigenvalue weighted by Crippen LogP contribution is 2.21. The highest BCUT2D eigenvalue weighted by molar-refractivity contribution is 9.10. The normalized spacial score (nSPS) is 13.8. The van der Waals surface area contributed by atoms with Crippen LogP contribution in [0, 0.1) is 0 Å². The van der Waals surface area contributed by atoms with Gasteiger partial charge in [0.2, 0.25) is 0 Å². The molecular weight excluding hydrogens is 298 g/mol. The van der Waals surface area contributed by atoms with Gasteiger partial charge in [0.1, 0.15) is 0 Å². The van der Waals surface area contributed by atoms with Crippen LogP contribution in [-0.2, 0) is 14.3 Å². The summed E-state index contributed by atoms with van der Waals surface area (Å²) >= 11 is 3.39. The predicted molar refractivity (Wildman–Crippen MR) is 74.7 cm³/mol. The Morgan fingerprint density at radius 2 is 2.22 bits per heavy atom. The molecule has 18 heavy (non-hydrogen) atoms. The van der Waals surface area contributed by atoms with Crippen molar-refractivity contribution in [2.45, 2.75) is 19.4 Å². The molecule has 0 aliphatic rings. The fourth-order valence-electron chi connectivity index (χ4n) is 1.61. The van der Waals surface area contributed by atoms with Crippen molar-refractivity contribution in [1.82, 2.24) is 0 Å². The van der Waals surface area contributed by atoms with Crippen LogP contribution in [0.25, 0.3) is 0 Å². The SMILES string of the molecule is CCOC(=O)C(C)(COC)Nc1cccc(Br)c1. The number of rotatable bonds is 6. The molecule has 1 rings (SSSR count). The third-order valence-corrected chi connectivity index (χ3v) is 2.90. The molecule has 100 valence electrons. The summed E-state index contributed by atoms with van der Waals surface area (Å²) in [5.41, 5.74) is -0.0667. The smallest absolute Gasteiger partial charge is 0.333 e. The molecule has 0 aliphatic carbocycles. The number of anilines is 1. The summed E-state index contributed by atoms with van der Waals surface area (Å²) in [7, 11) is 1.56. The minimum Gasteiger partial charge on any atom is -0.464 e. The van der Waals surface area contributed by atoms with Crippen LogP contribution in [-0.4, -0.2) is 31.8 Å². The van der Waals surface area contributed by atoms with Gasteiger partial charge in [-0.3, -0.25) is 0 Å². The van der Waals surface area contributed by atoms with E-state index in [4.69, 9.17) is 9.47 Å². The number of esters is 1. The molecule has 0 heterocycles. The van der Waals surface area contributed by atoms with Crippen molar-refractivity contribution >= 4 is 27.6 Å². The number of benzene rings is 1. The standard InChI is InChI=1S/C13H18BrNO3/c1-4-18-12(16)13(2,9-17-3)15-11-7-5-6-10(14)8-11/h5-8,15H,4,9H2,1-3H3. The summed E-state index contributed by atoms with van der Waals surface area (Å²) in [5.74, 6) is -0.327. The van der Waals surface area contributed by atoms with Gasteiger partial charge in [-0.2, -0.15) is 0 Å². The second-order valence-corrected chi connectivity index (χ2v) is 5.04. The molecule has 0 radical (unpaired) electrons. The average molecular weight is 316 g/mol. The van der Waals surface area contributed by atoms with Crippen molar-refractivity contribution in [3.05, 3.63) is 28.7 Å². The molecule has 4 nitrogen and oxygen atoms in total. The molecule has 0 amide bonds. The quantitative estimate of drug-likeness (QED) is 0.820. The lowest BCUT2D eigenvalue weighted by Gasteiger charge is -2.28. The van der Waals surface area contributed by atoms with E-state index >= 15 is 0 Å². The van der Waals surface area contributed by atoms with E-state index in [0.29, 0.717) is 6.61 Å². The Morgan fingerprint density at radius 3 is 2.78 bits per heavy atom. The molecular formula is C13H18BrNO3. The van der Waals surface area contributed by atoms with Crippen LogP contribution in [0.1, 0.15) is 13.8 Å². The maximum absolute atomic E-state index is 12.0. The molecule has 0 spiro atoms. The first-order valence-electron chi connectivity index (χ1n) is 5.71. The summed E-state index contributed by atoms with van der Waals surface area (Å²) in [5, 5.41) is 3.15. The van der Waals surface area contributed by atoms with Gasteiger partial charge in [-0.1, -0.05) is 22.0 Å². The molecule has 1 N–H and O–H groups in total. The van der Waals surface area contributed by atoms with Gasteiger partial charge >= 0.3 is 5.97 Å². The lowest BCUT2D eigenvalue weighted by atomic mass is 10.0. The number of methoxy groups -OCH3 is 1. The number of hydrogen-bond acceptors (Lipinski definition) is 4. The molecule has 1 atom stereocenters. The third kappa shape index (κ3) is 3.99. The Kier molecular flexibility index (Phi) is 5.62. The van der Waals surface area contributed by atoms with E-state index in [-0.39, 0.29) is 12.6 Å². The molecule has 0 fully saturated rings. The van der Waals surface area contributed by atoms with Crippen LogP contribution in [0.2, 0.25) is 0 Å². The predicted octanol–water partition coefficient (Wildman–Crippen LogP) is 2.83. The van der Waals surface area contributed by atoms with Gasteiger partial charge in [0.05, 0.1) is 13.2 Å². The summed E-state index contributed by atoms with van der Waals surface area (Å²) in [6.07, 6.45) is 0. The first-order chi connectivity index (χ1) is 8.51. The van der Waals surface area contributed by atoms with Crippen molar-refractivity contribution in [3.63, 3.8) is 0 Å². The number of halogens is 1. The number of ether oxygens (including phenoxy) is 2. The first-order valence-corrected chi connectivity index (χ1v) is 6.51. The lowest BCUT2D eigenvalue weighted by molar-refractivity contribution is -0.149. The lowest BCUT2D eigenvalue weighted by Crippen LogP contribution is -2.48. The van der Waals surface area contributed by atoms with E-state index in [1.165, 1.54) is 0 Å². The Bertz CT molecular complexity index is 411. The zero-order valence-electron chi connectivity index (χ0n) is 10.8. The minimum atomic E-state index is -0.897. The van der Waals surface area contributed by atoms with Crippen LogP contribution in [0.4, 0.5) is 5.69 Å². The van der Waals surface area contributed by atoms with E-state index in [2.05, 4.69) is 21.2 Å². The van der Waals surface area contributed by atoms with Crippen molar-refractivity contribution in [2.24, 2.45) is 0 Å².